The van der Waals surface area contributed by atoms with Crippen LogP contribution in [0.5, 0.6) is 0 Å². The summed E-state index contributed by atoms with van der Waals surface area (Å²) in [5.74, 6) is 2.33. The molecule has 1 aliphatic carbocycles. The van der Waals surface area contributed by atoms with Gasteiger partial charge < -0.3 is 5.32 Å². The summed E-state index contributed by atoms with van der Waals surface area (Å²) in [4.78, 5) is 0. The molecule has 1 atom stereocenters. The van der Waals surface area contributed by atoms with Crippen molar-refractivity contribution < 1.29 is 0 Å². The third-order valence-electron chi connectivity index (χ3n) is 3.74. The minimum atomic E-state index is 0.823. The summed E-state index contributed by atoms with van der Waals surface area (Å²) in [5, 5.41) is 3.78. The lowest BCUT2D eigenvalue weighted by Gasteiger charge is -2.24. The van der Waals surface area contributed by atoms with Gasteiger partial charge in [-0.3, -0.25) is 0 Å². The molecule has 0 radical (unpaired) electrons. The molecule has 1 aliphatic rings. The first-order valence-corrected chi connectivity index (χ1v) is 8.50. The van der Waals surface area contributed by atoms with E-state index in [1.165, 1.54) is 63.7 Å². The van der Waals surface area contributed by atoms with Crippen molar-refractivity contribution in [2.45, 2.75) is 64.3 Å². The predicted molar refractivity (Wildman–Crippen MR) is 76.3 cm³/mol. The molecule has 1 N–H and O–H groups in total. The normalized spacial score (nSPS) is 19.1. The van der Waals surface area contributed by atoms with Crippen molar-refractivity contribution in [1.82, 2.24) is 5.32 Å². The first kappa shape index (κ1) is 14.4. The molecule has 1 saturated carbocycles. The Labute approximate surface area is 106 Å². The summed E-state index contributed by atoms with van der Waals surface area (Å²) in [7, 11) is 0. The highest BCUT2D eigenvalue weighted by Crippen LogP contribution is 2.29. The molecule has 16 heavy (non-hydrogen) atoms. The van der Waals surface area contributed by atoms with Gasteiger partial charge in [0.2, 0.25) is 0 Å². The fraction of sp³-hybridized carbons (Fsp3) is 1.00. The number of rotatable bonds is 9. The second-order valence-corrected chi connectivity index (χ2v) is 6.08. The first-order chi connectivity index (χ1) is 7.88. The molecule has 2 heteroatoms. The lowest BCUT2D eigenvalue weighted by molar-refractivity contribution is 0.334. The van der Waals surface area contributed by atoms with E-state index in [0.717, 1.165) is 12.0 Å². The molecular weight excluding hydrogens is 214 g/mol. The number of thioether (sulfide) groups is 1. The summed E-state index contributed by atoms with van der Waals surface area (Å²) in [5.41, 5.74) is 0. The van der Waals surface area contributed by atoms with E-state index in [-0.39, 0.29) is 0 Å². The van der Waals surface area contributed by atoms with E-state index in [9.17, 15) is 0 Å². The molecule has 0 amide bonds. The molecule has 0 heterocycles. The smallest absolute Gasteiger partial charge is 0.00953 e. The Morgan fingerprint density at radius 3 is 2.62 bits per heavy atom. The third-order valence-corrected chi connectivity index (χ3v) is 4.44. The van der Waals surface area contributed by atoms with Crippen LogP contribution in [0.2, 0.25) is 0 Å². The molecule has 96 valence electrons. The topological polar surface area (TPSA) is 12.0 Å². The van der Waals surface area contributed by atoms with Gasteiger partial charge in [-0.15, -0.1) is 0 Å². The van der Waals surface area contributed by atoms with E-state index in [4.69, 9.17) is 0 Å². The van der Waals surface area contributed by atoms with Crippen molar-refractivity contribution in [1.29, 1.82) is 0 Å². The maximum atomic E-state index is 3.78. The number of nitrogens with one attached hydrogen (secondary N) is 1. The van der Waals surface area contributed by atoms with Gasteiger partial charge in [-0.1, -0.05) is 26.2 Å². The molecule has 1 unspecified atom stereocenters. The van der Waals surface area contributed by atoms with E-state index in [1.54, 1.807) is 0 Å². The standard InChI is InChI=1S/C14H29NS/c1-3-11-15-14(10-6-7-12-16-2)13-8-4-5-9-13/h13-15H,3-12H2,1-2H3. The van der Waals surface area contributed by atoms with Gasteiger partial charge in [-0.2, -0.15) is 11.8 Å². The molecule has 0 aromatic heterocycles. The van der Waals surface area contributed by atoms with Gasteiger partial charge in [0.05, 0.1) is 0 Å². The Hall–Kier alpha value is 0.310. The fourth-order valence-corrected chi connectivity index (χ4v) is 3.30. The molecule has 1 fully saturated rings. The Morgan fingerprint density at radius 1 is 1.25 bits per heavy atom. The maximum absolute atomic E-state index is 3.78. The van der Waals surface area contributed by atoms with Gasteiger partial charge in [0.1, 0.15) is 0 Å². The number of unbranched alkanes of at least 4 members (excludes halogenated alkanes) is 1. The van der Waals surface area contributed by atoms with Crippen LogP contribution < -0.4 is 5.32 Å². The molecule has 0 aromatic carbocycles. The second kappa shape index (κ2) is 9.35. The van der Waals surface area contributed by atoms with Gasteiger partial charge in [-0.05, 0) is 56.6 Å². The average molecular weight is 243 g/mol. The van der Waals surface area contributed by atoms with Crippen molar-refractivity contribution >= 4 is 11.8 Å². The summed E-state index contributed by atoms with van der Waals surface area (Å²) in [6.45, 7) is 3.48. The molecule has 1 nitrogen and oxygen atoms in total. The molecule has 0 aromatic rings. The van der Waals surface area contributed by atoms with Crippen molar-refractivity contribution in [3.8, 4) is 0 Å². The van der Waals surface area contributed by atoms with Crippen LogP contribution in [0.4, 0.5) is 0 Å². The van der Waals surface area contributed by atoms with Crippen LogP contribution in [-0.4, -0.2) is 24.6 Å². The van der Waals surface area contributed by atoms with Gasteiger partial charge in [0.15, 0.2) is 0 Å². The first-order valence-electron chi connectivity index (χ1n) is 7.10. The predicted octanol–water partition coefficient (Wildman–Crippen LogP) is 4.08. The molecular formula is C14H29NS. The number of hydrogen-bond acceptors (Lipinski definition) is 2. The van der Waals surface area contributed by atoms with E-state index in [1.807, 2.05) is 11.8 Å². The fourth-order valence-electron chi connectivity index (χ4n) is 2.80. The van der Waals surface area contributed by atoms with Gasteiger partial charge >= 0.3 is 0 Å². The second-order valence-electron chi connectivity index (χ2n) is 5.09. The van der Waals surface area contributed by atoms with E-state index in [0.29, 0.717) is 0 Å². The number of hydrogen-bond donors (Lipinski definition) is 1. The van der Waals surface area contributed by atoms with Crippen molar-refractivity contribution in [2.75, 3.05) is 18.6 Å². The lowest BCUT2D eigenvalue weighted by Crippen LogP contribution is -2.35. The van der Waals surface area contributed by atoms with Crippen LogP contribution in [-0.2, 0) is 0 Å². The SMILES string of the molecule is CCCNC(CCCCSC)C1CCCC1. The van der Waals surface area contributed by atoms with Crippen molar-refractivity contribution in [3.05, 3.63) is 0 Å². The Morgan fingerprint density at radius 2 is 2.00 bits per heavy atom. The van der Waals surface area contributed by atoms with Crippen LogP contribution in [0.3, 0.4) is 0 Å². The zero-order valence-corrected chi connectivity index (χ0v) is 12.0. The molecule has 0 spiro atoms. The maximum Gasteiger partial charge on any atom is 0.00953 e. The van der Waals surface area contributed by atoms with Gasteiger partial charge in [0, 0.05) is 6.04 Å². The van der Waals surface area contributed by atoms with Gasteiger partial charge in [-0.25, -0.2) is 0 Å². The van der Waals surface area contributed by atoms with Crippen LogP contribution in [0, 0.1) is 5.92 Å². The van der Waals surface area contributed by atoms with Crippen LogP contribution in [0.15, 0.2) is 0 Å². The minimum Gasteiger partial charge on any atom is -0.314 e. The molecule has 1 rings (SSSR count). The largest absolute Gasteiger partial charge is 0.314 e. The zero-order chi connectivity index (χ0) is 11.6. The van der Waals surface area contributed by atoms with Crippen molar-refractivity contribution in [3.63, 3.8) is 0 Å². The summed E-state index contributed by atoms with van der Waals surface area (Å²) >= 11 is 1.98. The van der Waals surface area contributed by atoms with Crippen LogP contribution in [0.25, 0.3) is 0 Å². The van der Waals surface area contributed by atoms with Crippen molar-refractivity contribution in [2.24, 2.45) is 5.92 Å². The van der Waals surface area contributed by atoms with Crippen LogP contribution >= 0.6 is 11.8 Å². The Bertz CT molecular complexity index is 155. The summed E-state index contributed by atoms with van der Waals surface area (Å²) < 4.78 is 0. The average Bonchev–Trinajstić information content (AvgIpc) is 2.82. The highest BCUT2D eigenvalue weighted by molar-refractivity contribution is 7.98. The van der Waals surface area contributed by atoms with E-state index < -0.39 is 0 Å². The Balaban J connectivity index is 2.19. The van der Waals surface area contributed by atoms with E-state index >= 15 is 0 Å². The molecule has 0 saturated heterocycles. The van der Waals surface area contributed by atoms with Gasteiger partial charge in [0.25, 0.3) is 0 Å². The van der Waals surface area contributed by atoms with E-state index in [2.05, 4.69) is 18.5 Å². The quantitative estimate of drug-likeness (QED) is 0.612. The third kappa shape index (κ3) is 5.58. The van der Waals surface area contributed by atoms with Crippen LogP contribution in [0.1, 0.15) is 58.3 Å². The lowest BCUT2D eigenvalue weighted by atomic mass is 9.93. The summed E-state index contributed by atoms with van der Waals surface area (Å²) in [6, 6.07) is 0.823. The Kier molecular flexibility index (Phi) is 8.40. The minimum absolute atomic E-state index is 0.823. The monoisotopic (exact) mass is 243 g/mol. The molecule has 0 aliphatic heterocycles. The molecule has 0 bridgehead atoms. The highest BCUT2D eigenvalue weighted by Gasteiger charge is 2.23. The highest BCUT2D eigenvalue weighted by atomic mass is 32.2. The summed E-state index contributed by atoms with van der Waals surface area (Å²) in [6.07, 6.45) is 13.6. The zero-order valence-electron chi connectivity index (χ0n) is 11.1.